The van der Waals surface area contributed by atoms with Gasteiger partial charge in [0, 0.05) is 32.5 Å². The molecule has 1 unspecified atom stereocenters. The molecular formula is C21H32ClN3O2. The summed E-state index contributed by atoms with van der Waals surface area (Å²) in [6.07, 6.45) is 4.61. The van der Waals surface area contributed by atoms with E-state index in [0.717, 1.165) is 37.2 Å². The van der Waals surface area contributed by atoms with Crippen molar-refractivity contribution in [3.05, 3.63) is 35.4 Å². The highest BCUT2D eigenvalue weighted by Crippen LogP contribution is 2.24. The summed E-state index contributed by atoms with van der Waals surface area (Å²) in [4.78, 5) is 25.8. The molecule has 2 fully saturated rings. The molecule has 0 aromatic heterocycles. The van der Waals surface area contributed by atoms with Gasteiger partial charge in [-0.05, 0) is 55.3 Å². The number of amides is 2. The average molecular weight is 394 g/mol. The lowest BCUT2D eigenvalue weighted by Crippen LogP contribution is -2.33. The van der Waals surface area contributed by atoms with Crippen LogP contribution < -0.4 is 10.6 Å². The molecule has 2 saturated heterocycles. The van der Waals surface area contributed by atoms with Crippen LogP contribution in [0.1, 0.15) is 50.2 Å². The van der Waals surface area contributed by atoms with E-state index in [1.165, 1.54) is 12.8 Å². The Morgan fingerprint density at radius 3 is 2.52 bits per heavy atom. The van der Waals surface area contributed by atoms with Crippen LogP contribution >= 0.6 is 12.4 Å². The van der Waals surface area contributed by atoms with E-state index in [0.29, 0.717) is 37.8 Å². The highest BCUT2D eigenvalue weighted by molar-refractivity contribution is 5.85. The monoisotopic (exact) mass is 393 g/mol. The van der Waals surface area contributed by atoms with E-state index in [-0.39, 0.29) is 24.2 Å². The SMILES string of the molecule is CC(CC(=O)NCc1ccc(CN2CCCC2=O)cc1)C1CCNCC1.Cl. The molecule has 2 aliphatic heterocycles. The quantitative estimate of drug-likeness (QED) is 0.748. The van der Waals surface area contributed by atoms with E-state index in [1.807, 2.05) is 17.0 Å². The number of hydrogen-bond donors (Lipinski definition) is 2. The minimum atomic E-state index is 0. The summed E-state index contributed by atoms with van der Waals surface area (Å²) in [5, 5.41) is 6.43. The first kappa shape index (κ1) is 21.7. The zero-order chi connectivity index (χ0) is 18.4. The van der Waals surface area contributed by atoms with Crippen molar-refractivity contribution in [2.45, 2.75) is 52.1 Å². The Hall–Kier alpha value is -1.59. The third kappa shape index (κ3) is 6.51. The van der Waals surface area contributed by atoms with Gasteiger partial charge in [-0.2, -0.15) is 0 Å². The maximum Gasteiger partial charge on any atom is 0.222 e. The molecule has 0 bridgehead atoms. The average Bonchev–Trinajstić information content (AvgIpc) is 3.06. The molecule has 27 heavy (non-hydrogen) atoms. The maximum atomic E-state index is 12.2. The molecule has 2 amide bonds. The lowest BCUT2D eigenvalue weighted by Gasteiger charge is -2.27. The number of carbonyl (C=O) groups is 2. The molecule has 2 aliphatic rings. The van der Waals surface area contributed by atoms with Gasteiger partial charge in [-0.1, -0.05) is 31.2 Å². The van der Waals surface area contributed by atoms with Gasteiger partial charge in [0.2, 0.25) is 11.8 Å². The zero-order valence-electron chi connectivity index (χ0n) is 16.2. The van der Waals surface area contributed by atoms with Crippen LogP contribution in [-0.2, 0) is 22.7 Å². The van der Waals surface area contributed by atoms with E-state index in [4.69, 9.17) is 0 Å². The van der Waals surface area contributed by atoms with E-state index in [2.05, 4.69) is 29.7 Å². The van der Waals surface area contributed by atoms with Gasteiger partial charge in [-0.3, -0.25) is 9.59 Å². The minimum absolute atomic E-state index is 0. The van der Waals surface area contributed by atoms with Crippen molar-refractivity contribution in [3.63, 3.8) is 0 Å². The van der Waals surface area contributed by atoms with Gasteiger partial charge in [0.05, 0.1) is 0 Å². The summed E-state index contributed by atoms with van der Waals surface area (Å²) in [7, 11) is 0. The third-order valence-corrected chi connectivity index (χ3v) is 5.75. The Balaban J connectivity index is 0.00000261. The van der Waals surface area contributed by atoms with E-state index >= 15 is 0 Å². The summed E-state index contributed by atoms with van der Waals surface area (Å²) < 4.78 is 0. The lowest BCUT2D eigenvalue weighted by molar-refractivity contribution is -0.128. The predicted octanol–water partition coefficient (Wildman–Crippen LogP) is 2.87. The summed E-state index contributed by atoms with van der Waals surface area (Å²) in [6, 6.07) is 8.22. The van der Waals surface area contributed by atoms with Crippen molar-refractivity contribution in [1.29, 1.82) is 0 Å². The van der Waals surface area contributed by atoms with Crippen LogP contribution in [0, 0.1) is 11.8 Å². The molecule has 2 N–H and O–H groups in total. The fraction of sp³-hybridized carbons (Fsp3) is 0.619. The highest BCUT2D eigenvalue weighted by Gasteiger charge is 2.22. The molecule has 1 atom stereocenters. The normalized spacial score (nSPS) is 18.9. The molecule has 1 aromatic carbocycles. The Kier molecular flexibility index (Phi) is 8.58. The standard InChI is InChI=1S/C21H31N3O2.ClH/c1-16(19-8-10-22-11-9-19)13-20(25)23-14-17-4-6-18(7-5-17)15-24-12-2-3-21(24)26;/h4-7,16,19,22H,2-3,8-15H2,1H3,(H,23,25);1H. The van der Waals surface area contributed by atoms with Crippen molar-refractivity contribution in [1.82, 2.24) is 15.5 Å². The molecule has 0 spiro atoms. The zero-order valence-corrected chi connectivity index (χ0v) is 17.0. The minimum Gasteiger partial charge on any atom is -0.352 e. The second-order valence-electron chi connectivity index (χ2n) is 7.78. The number of piperidine rings is 1. The number of halogens is 1. The Bertz CT molecular complexity index is 614. The van der Waals surface area contributed by atoms with Crippen LogP contribution in [0.3, 0.4) is 0 Å². The Morgan fingerprint density at radius 1 is 1.22 bits per heavy atom. The molecule has 0 radical (unpaired) electrons. The fourth-order valence-electron chi connectivity index (χ4n) is 4.00. The largest absolute Gasteiger partial charge is 0.352 e. The first-order chi connectivity index (χ1) is 12.6. The molecule has 6 heteroatoms. The van der Waals surface area contributed by atoms with E-state index < -0.39 is 0 Å². The molecule has 2 heterocycles. The smallest absolute Gasteiger partial charge is 0.222 e. The molecule has 5 nitrogen and oxygen atoms in total. The molecule has 0 aliphatic carbocycles. The van der Waals surface area contributed by atoms with Crippen LogP contribution in [0.4, 0.5) is 0 Å². The predicted molar refractivity (Wildman–Crippen MR) is 110 cm³/mol. The fourth-order valence-corrected chi connectivity index (χ4v) is 4.00. The first-order valence-electron chi connectivity index (χ1n) is 9.95. The maximum absolute atomic E-state index is 12.2. The summed E-state index contributed by atoms with van der Waals surface area (Å²) in [5.41, 5.74) is 2.25. The number of nitrogens with one attached hydrogen (secondary N) is 2. The van der Waals surface area contributed by atoms with Crippen LogP contribution in [0.25, 0.3) is 0 Å². The summed E-state index contributed by atoms with van der Waals surface area (Å²) in [6.45, 7) is 6.48. The lowest BCUT2D eigenvalue weighted by atomic mass is 9.84. The van der Waals surface area contributed by atoms with Crippen LogP contribution in [-0.4, -0.2) is 36.3 Å². The van der Waals surface area contributed by atoms with Gasteiger partial charge in [-0.15, -0.1) is 12.4 Å². The Morgan fingerprint density at radius 2 is 1.89 bits per heavy atom. The number of carbonyl (C=O) groups excluding carboxylic acids is 2. The molecule has 0 saturated carbocycles. The summed E-state index contributed by atoms with van der Waals surface area (Å²) in [5.74, 6) is 1.50. The number of hydrogen-bond acceptors (Lipinski definition) is 3. The second-order valence-corrected chi connectivity index (χ2v) is 7.78. The van der Waals surface area contributed by atoms with Gasteiger partial charge in [-0.25, -0.2) is 0 Å². The van der Waals surface area contributed by atoms with Gasteiger partial charge in [0.1, 0.15) is 0 Å². The number of rotatable bonds is 7. The van der Waals surface area contributed by atoms with Crippen LogP contribution in [0.2, 0.25) is 0 Å². The number of nitrogens with zero attached hydrogens (tertiary/aromatic N) is 1. The van der Waals surface area contributed by atoms with Crippen LogP contribution in [0.15, 0.2) is 24.3 Å². The van der Waals surface area contributed by atoms with Crippen molar-refractivity contribution in [2.24, 2.45) is 11.8 Å². The van der Waals surface area contributed by atoms with E-state index in [1.54, 1.807) is 0 Å². The third-order valence-electron chi connectivity index (χ3n) is 5.75. The van der Waals surface area contributed by atoms with Gasteiger partial charge in [0.15, 0.2) is 0 Å². The van der Waals surface area contributed by atoms with Gasteiger partial charge in [0.25, 0.3) is 0 Å². The number of benzene rings is 1. The molecular weight excluding hydrogens is 362 g/mol. The van der Waals surface area contributed by atoms with Crippen molar-refractivity contribution in [3.8, 4) is 0 Å². The topological polar surface area (TPSA) is 61.4 Å². The first-order valence-corrected chi connectivity index (χ1v) is 9.95. The molecule has 150 valence electrons. The van der Waals surface area contributed by atoms with Crippen molar-refractivity contribution in [2.75, 3.05) is 19.6 Å². The van der Waals surface area contributed by atoms with Gasteiger partial charge >= 0.3 is 0 Å². The van der Waals surface area contributed by atoms with Crippen molar-refractivity contribution >= 4 is 24.2 Å². The van der Waals surface area contributed by atoms with Crippen LogP contribution in [0.5, 0.6) is 0 Å². The van der Waals surface area contributed by atoms with E-state index in [9.17, 15) is 9.59 Å². The van der Waals surface area contributed by atoms with Gasteiger partial charge < -0.3 is 15.5 Å². The Labute approximate surface area is 168 Å². The number of likely N-dealkylation sites (tertiary alicyclic amines) is 1. The molecule has 1 aromatic rings. The molecule has 3 rings (SSSR count). The second kappa shape index (κ2) is 10.7. The summed E-state index contributed by atoms with van der Waals surface area (Å²) >= 11 is 0. The van der Waals surface area contributed by atoms with Crippen molar-refractivity contribution < 1.29 is 9.59 Å². The highest BCUT2D eigenvalue weighted by atomic mass is 35.5.